The van der Waals surface area contributed by atoms with E-state index in [1.165, 1.54) is 25.5 Å². The maximum Gasteiger partial charge on any atom is 0.147 e. The van der Waals surface area contributed by atoms with Gasteiger partial charge in [0.2, 0.25) is 0 Å². The molecule has 1 atom stereocenters. The molecular formula is C10H24N2O2S. The Morgan fingerprint density at radius 3 is 2.33 bits per heavy atom. The van der Waals surface area contributed by atoms with Crippen molar-refractivity contribution in [1.29, 1.82) is 0 Å². The van der Waals surface area contributed by atoms with Crippen LogP contribution in [0, 0.1) is 0 Å². The molecule has 5 heteroatoms. The van der Waals surface area contributed by atoms with E-state index in [1.807, 2.05) is 0 Å². The van der Waals surface area contributed by atoms with Crippen molar-refractivity contribution < 1.29 is 8.42 Å². The Morgan fingerprint density at radius 2 is 1.87 bits per heavy atom. The van der Waals surface area contributed by atoms with Gasteiger partial charge in [-0.3, -0.25) is 11.3 Å². The summed E-state index contributed by atoms with van der Waals surface area (Å²) < 4.78 is 21.9. The molecule has 0 bridgehead atoms. The molecule has 0 saturated carbocycles. The Kier molecular flexibility index (Phi) is 8.00. The zero-order valence-corrected chi connectivity index (χ0v) is 10.6. The summed E-state index contributed by atoms with van der Waals surface area (Å²) in [6, 6.07) is 0.136. The van der Waals surface area contributed by atoms with E-state index in [4.69, 9.17) is 5.84 Å². The third-order valence-electron chi connectivity index (χ3n) is 2.48. The largest absolute Gasteiger partial charge is 0.271 e. The van der Waals surface area contributed by atoms with E-state index >= 15 is 0 Å². The molecule has 0 radical (unpaired) electrons. The monoisotopic (exact) mass is 236 g/mol. The fourth-order valence-electron chi connectivity index (χ4n) is 1.48. The molecule has 0 amide bonds. The van der Waals surface area contributed by atoms with E-state index in [9.17, 15) is 8.42 Å². The molecule has 0 heterocycles. The Morgan fingerprint density at radius 1 is 1.20 bits per heavy atom. The average molecular weight is 236 g/mol. The second kappa shape index (κ2) is 8.07. The molecule has 0 saturated heterocycles. The van der Waals surface area contributed by atoms with Gasteiger partial charge in [0.15, 0.2) is 0 Å². The first kappa shape index (κ1) is 14.9. The van der Waals surface area contributed by atoms with Crippen LogP contribution in [0.2, 0.25) is 0 Å². The lowest BCUT2D eigenvalue weighted by molar-refractivity contribution is 0.453. The summed E-state index contributed by atoms with van der Waals surface area (Å²) in [5.74, 6) is 5.59. The van der Waals surface area contributed by atoms with Gasteiger partial charge in [-0.15, -0.1) is 0 Å². The fraction of sp³-hybridized carbons (Fsp3) is 1.00. The molecule has 4 nitrogen and oxygen atoms in total. The van der Waals surface area contributed by atoms with Crippen molar-refractivity contribution in [2.24, 2.45) is 5.84 Å². The Bertz CT molecular complexity index is 240. The minimum absolute atomic E-state index is 0.136. The SMILES string of the molecule is CCCCCCC(CCS(C)(=O)=O)NN. The maximum atomic E-state index is 11.0. The van der Waals surface area contributed by atoms with Gasteiger partial charge >= 0.3 is 0 Å². The number of rotatable bonds is 9. The maximum absolute atomic E-state index is 11.0. The van der Waals surface area contributed by atoms with Gasteiger partial charge in [-0.1, -0.05) is 32.6 Å². The molecule has 0 fully saturated rings. The van der Waals surface area contributed by atoms with Crippen molar-refractivity contribution >= 4 is 9.84 Å². The number of hydrogen-bond acceptors (Lipinski definition) is 4. The summed E-state index contributed by atoms with van der Waals surface area (Å²) in [7, 11) is -2.86. The van der Waals surface area contributed by atoms with Gasteiger partial charge in [-0.25, -0.2) is 8.42 Å². The molecule has 0 aromatic carbocycles. The summed E-state index contributed by atoms with van der Waals surface area (Å²) in [5.41, 5.74) is 2.69. The normalized spacial score (nSPS) is 14.1. The van der Waals surface area contributed by atoms with Crippen molar-refractivity contribution in [3.63, 3.8) is 0 Å². The van der Waals surface area contributed by atoms with Crippen molar-refractivity contribution in [2.75, 3.05) is 12.0 Å². The highest BCUT2D eigenvalue weighted by molar-refractivity contribution is 7.90. The van der Waals surface area contributed by atoms with Crippen LogP contribution in [-0.4, -0.2) is 26.5 Å². The van der Waals surface area contributed by atoms with Crippen LogP contribution in [0.1, 0.15) is 45.4 Å². The first-order valence-electron chi connectivity index (χ1n) is 5.63. The summed E-state index contributed by atoms with van der Waals surface area (Å²) >= 11 is 0. The van der Waals surface area contributed by atoms with Crippen molar-refractivity contribution in [3.05, 3.63) is 0 Å². The number of nitrogens with two attached hydrogens (primary N) is 1. The average Bonchev–Trinajstić information content (AvgIpc) is 2.15. The van der Waals surface area contributed by atoms with Crippen molar-refractivity contribution in [2.45, 2.75) is 51.5 Å². The molecule has 0 spiro atoms. The van der Waals surface area contributed by atoms with Gasteiger partial charge < -0.3 is 0 Å². The number of hydrazine groups is 1. The highest BCUT2D eigenvalue weighted by Gasteiger charge is 2.10. The zero-order chi connectivity index (χ0) is 11.7. The lowest BCUT2D eigenvalue weighted by atomic mass is 10.1. The summed E-state index contributed by atoms with van der Waals surface area (Å²) in [5, 5.41) is 0. The Labute approximate surface area is 93.5 Å². The van der Waals surface area contributed by atoms with Crippen LogP contribution in [0.15, 0.2) is 0 Å². The summed E-state index contributed by atoms with van der Waals surface area (Å²) in [4.78, 5) is 0. The van der Waals surface area contributed by atoms with Gasteiger partial charge in [0, 0.05) is 12.3 Å². The number of nitrogens with one attached hydrogen (secondary N) is 1. The smallest absolute Gasteiger partial charge is 0.147 e. The second-order valence-corrected chi connectivity index (χ2v) is 6.39. The standard InChI is InChI=1S/C10H24N2O2S/c1-3-4-5-6-7-10(12-11)8-9-15(2,13)14/h10,12H,3-9,11H2,1-2H3. The molecule has 0 aliphatic rings. The highest BCUT2D eigenvalue weighted by atomic mass is 32.2. The number of hydrogen-bond donors (Lipinski definition) is 2. The first-order chi connectivity index (χ1) is 6.99. The second-order valence-electron chi connectivity index (χ2n) is 4.13. The minimum Gasteiger partial charge on any atom is -0.271 e. The van der Waals surface area contributed by atoms with Crippen molar-refractivity contribution in [1.82, 2.24) is 5.43 Å². The van der Waals surface area contributed by atoms with E-state index in [2.05, 4.69) is 12.3 Å². The van der Waals surface area contributed by atoms with Gasteiger partial charge in [0.1, 0.15) is 9.84 Å². The first-order valence-corrected chi connectivity index (χ1v) is 7.69. The van der Waals surface area contributed by atoms with E-state index in [0.29, 0.717) is 6.42 Å². The van der Waals surface area contributed by atoms with Gasteiger partial charge in [-0.05, 0) is 12.8 Å². The van der Waals surface area contributed by atoms with Crippen LogP contribution in [0.3, 0.4) is 0 Å². The van der Waals surface area contributed by atoms with E-state index in [-0.39, 0.29) is 11.8 Å². The topological polar surface area (TPSA) is 72.2 Å². The van der Waals surface area contributed by atoms with Crippen LogP contribution in [0.4, 0.5) is 0 Å². The zero-order valence-electron chi connectivity index (χ0n) is 9.83. The summed E-state index contributed by atoms with van der Waals surface area (Å²) in [6.07, 6.45) is 7.61. The quantitative estimate of drug-likeness (QED) is 0.359. The highest BCUT2D eigenvalue weighted by Crippen LogP contribution is 2.08. The Hall–Kier alpha value is -0.130. The summed E-state index contributed by atoms with van der Waals surface area (Å²) in [6.45, 7) is 2.17. The molecule has 0 aliphatic heterocycles. The third kappa shape index (κ3) is 10.2. The van der Waals surface area contributed by atoms with Gasteiger partial charge in [-0.2, -0.15) is 0 Å². The van der Waals surface area contributed by atoms with Crippen LogP contribution in [0.5, 0.6) is 0 Å². The van der Waals surface area contributed by atoms with E-state index < -0.39 is 9.84 Å². The minimum atomic E-state index is -2.86. The molecular weight excluding hydrogens is 212 g/mol. The lowest BCUT2D eigenvalue weighted by Crippen LogP contribution is -2.36. The number of sulfone groups is 1. The lowest BCUT2D eigenvalue weighted by Gasteiger charge is -2.14. The molecule has 0 aromatic heterocycles. The van der Waals surface area contributed by atoms with Crippen LogP contribution >= 0.6 is 0 Å². The van der Waals surface area contributed by atoms with Crippen molar-refractivity contribution in [3.8, 4) is 0 Å². The van der Waals surface area contributed by atoms with E-state index in [1.54, 1.807) is 0 Å². The molecule has 92 valence electrons. The molecule has 15 heavy (non-hydrogen) atoms. The molecule has 0 aliphatic carbocycles. The molecule has 0 rings (SSSR count). The predicted octanol–water partition coefficient (Wildman–Crippen LogP) is 1.22. The molecule has 3 N–H and O–H groups in total. The fourth-order valence-corrected chi connectivity index (χ4v) is 2.20. The van der Waals surface area contributed by atoms with Gasteiger partial charge in [0.05, 0.1) is 5.75 Å². The van der Waals surface area contributed by atoms with Crippen LogP contribution in [-0.2, 0) is 9.84 Å². The van der Waals surface area contributed by atoms with Crippen LogP contribution < -0.4 is 11.3 Å². The predicted molar refractivity (Wildman–Crippen MR) is 64.2 cm³/mol. The number of unbranched alkanes of at least 4 members (excludes halogenated alkanes) is 3. The van der Waals surface area contributed by atoms with Gasteiger partial charge in [0.25, 0.3) is 0 Å². The van der Waals surface area contributed by atoms with E-state index in [0.717, 1.165) is 12.8 Å². The van der Waals surface area contributed by atoms with Crippen LogP contribution in [0.25, 0.3) is 0 Å². The third-order valence-corrected chi connectivity index (χ3v) is 3.46. The molecule has 0 aromatic rings. The Balaban J connectivity index is 3.64. The molecule has 1 unspecified atom stereocenters.